The van der Waals surface area contributed by atoms with Gasteiger partial charge in [0.25, 0.3) is 5.69 Å². The van der Waals surface area contributed by atoms with Crippen molar-refractivity contribution in [1.82, 2.24) is 0 Å². The molecule has 0 aliphatic heterocycles. The number of nitro groups is 1. The van der Waals surface area contributed by atoms with E-state index in [1.54, 1.807) is 18.2 Å². The minimum absolute atomic E-state index is 0.0812. The molecular weight excluding hydrogens is 250 g/mol. The molecular formula is C13H11NO3S. The number of non-ortho nitro benzene ring substituents is 1. The average Bonchev–Trinajstić information content (AvgIpc) is 2.28. The molecule has 0 unspecified atom stereocenters. The topological polar surface area (TPSA) is 63.4 Å². The zero-order valence-electron chi connectivity index (χ0n) is 9.66. The molecule has 0 amide bonds. The third-order valence-corrected chi connectivity index (χ3v) is 3.26. The van der Waals surface area contributed by atoms with Crippen LogP contribution >= 0.6 is 11.8 Å². The Balaban J connectivity index is 2.31. The number of nitrogens with zero attached hydrogens (tertiary/aromatic N) is 1. The van der Waals surface area contributed by atoms with Crippen molar-refractivity contribution < 1.29 is 10.0 Å². The van der Waals surface area contributed by atoms with Gasteiger partial charge in [-0.25, -0.2) is 0 Å². The predicted octanol–water partition coefficient (Wildman–Crippen LogP) is 3.76. The molecule has 0 heterocycles. The van der Waals surface area contributed by atoms with Gasteiger partial charge in [-0.2, -0.15) is 0 Å². The highest BCUT2D eigenvalue weighted by Crippen LogP contribution is 2.32. The van der Waals surface area contributed by atoms with Crippen molar-refractivity contribution >= 4 is 17.4 Å². The Labute approximate surface area is 108 Å². The molecule has 0 aromatic heterocycles. The first kappa shape index (κ1) is 12.4. The summed E-state index contributed by atoms with van der Waals surface area (Å²) in [5.41, 5.74) is 0.921. The maximum Gasteiger partial charge on any atom is 0.270 e. The molecule has 0 atom stereocenters. The lowest BCUT2D eigenvalue weighted by Gasteiger charge is -2.03. The van der Waals surface area contributed by atoms with Crippen molar-refractivity contribution in [2.24, 2.45) is 0 Å². The zero-order valence-corrected chi connectivity index (χ0v) is 10.5. The van der Waals surface area contributed by atoms with E-state index in [1.165, 1.54) is 23.9 Å². The molecule has 2 aromatic carbocycles. The SMILES string of the molecule is Cc1cc(Sc2cccc(O)c2)cc([N+](=O)[O-])c1. The summed E-state index contributed by atoms with van der Waals surface area (Å²) in [5.74, 6) is 0.183. The van der Waals surface area contributed by atoms with E-state index in [2.05, 4.69) is 0 Å². The van der Waals surface area contributed by atoms with E-state index in [4.69, 9.17) is 0 Å². The molecule has 2 aromatic rings. The van der Waals surface area contributed by atoms with Crippen molar-refractivity contribution in [2.75, 3.05) is 0 Å². The van der Waals surface area contributed by atoms with Gasteiger partial charge in [0.1, 0.15) is 5.75 Å². The monoisotopic (exact) mass is 261 g/mol. The van der Waals surface area contributed by atoms with E-state index in [0.29, 0.717) is 0 Å². The van der Waals surface area contributed by atoms with Crippen LogP contribution in [0.15, 0.2) is 52.3 Å². The largest absolute Gasteiger partial charge is 0.508 e. The van der Waals surface area contributed by atoms with Gasteiger partial charge in [-0.1, -0.05) is 17.8 Å². The number of phenols is 1. The van der Waals surface area contributed by atoms with Crippen LogP contribution < -0.4 is 0 Å². The second-order valence-electron chi connectivity index (χ2n) is 3.86. The minimum atomic E-state index is -0.403. The van der Waals surface area contributed by atoms with Crippen LogP contribution in [0.25, 0.3) is 0 Å². The van der Waals surface area contributed by atoms with Crippen LogP contribution in [0.1, 0.15) is 5.56 Å². The molecule has 92 valence electrons. The summed E-state index contributed by atoms with van der Waals surface area (Å²) in [6.07, 6.45) is 0. The first-order chi connectivity index (χ1) is 8.54. The van der Waals surface area contributed by atoms with Gasteiger partial charge in [0.15, 0.2) is 0 Å². The highest BCUT2D eigenvalue weighted by Gasteiger charge is 2.09. The Morgan fingerprint density at radius 2 is 1.94 bits per heavy atom. The standard InChI is InChI=1S/C13H11NO3S/c1-9-5-10(14(16)17)7-13(6-9)18-12-4-2-3-11(15)8-12/h2-8,15H,1H3. The van der Waals surface area contributed by atoms with Crippen LogP contribution in [-0.2, 0) is 0 Å². The van der Waals surface area contributed by atoms with E-state index < -0.39 is 4.92 Å². The number of nitro benzene ring substituents is 1. The third kappa shape index (κ3) is 3.01. The fraction of sp³-hybridized carbons (Fsp3) is 0.0769. The van der Waals surface area contributed by atoms with Gasteiger partial charge in [-0.3, -0.25) is 10.1 Å². The van der Waals surface area contributed by atoms with E-state index >= 15 is 0 Å². The quantitative estimate of drug-likeness (QED) is 0.675. The van der Waals surface area contributed by atoms with Gasteiger partial charge in [-0.05, 0) is 36.8 Å². The molecule has 18 heavy (non-hydrogen) atoms. The van der Waals surface area contributed by atoms with Crippen LogP contribution in [0.2, 0.25) is 0 Å². The Hall–Kier alpha value is -2.01. The molecule has 0 aliphatic carbocycles. The fourth-order valence-corrected chi connectivity index (χ4v) is 2.60. The molecule has 0 radical (unpaired) electrons. The van der Waals surface area contributed by atoms with E-state index in [1.807, 2.05) is 19.1 Å². The smallest absolute Gasteiger partial charge is 0.270 e. The van der Waals surface area contributed by atoms with E-state index in [-0.39, 0.29) is 11.4 Å². The summed E-state index contributed by atoms with van der Waals surface area (Å²) < 4.78 is 0. The van der Waals surface area contributed by atoms with Crippen molar-refractivity contribution in [1.29, 1.82) is 0 Å². The molecule has 0 saturated carbocycles. The second kappa shape index (κ2) is 5.10. The number of rotatable bonds is 3. The van der Waals surface area contributed by atoms with Gasteiger partial charge in [0.05, 0.1) is 4.92 Å². The molecule has 2 rings (SSSR count). The lowest BCUT2D eigenvalue weighted by atomic mass is 10.2. The highest BCUT2D eigenvalue weighted by atomic mass is 32.2. The minimum Gasteiger partial charge on any atom is -0.508 e. The van der Waals surface area contributed by atoms with Crippen LogP contribution in [0.3, 0.4) is 0 Å². The van der Waals surface area contributed by atoms with Gasteiger partial charge in [0.2, 0.25) is 0 Å². The van der Waals surface area contributed by atoms with Crippen molar-refractivity contribution in [3.63, 3.8) is 0 Å². The van der Waals surface area contributed by atoms with Crippen LogP contribution in [-0.4, -0.2) is 10.0 Å². The molecule has 0 aliphatic rings. The molecule has 0 bridgehead atoms. The summed E-state index contributed by atoms with van der Waals surface area (Å²) in [4.78, 5) is 12.0. The van der Waals surface area contributed by atoms with Crippen LogP contribution in [0.4, 0.5) is 5.69 Å². The molecule has 0 fully saturated rings. The lowest BCUT2D eigenvalue weighted by molar-refractivity contribution is -0.385. The summed E-state index contributed by atoms with van der Waals surface area (Å²) >= 11 is 1.38. The number of phenolic OH excluding ortho intramolecular Hbond substituents is 1. The van der Waals surface area contributed by atoms with E-state index in [0.717, 1.165) is 15.4 Å². The molecule has 0 spiro atoms. The summed E-state index contributed by atoms with van der Waals surface area (Å²) in [6.45, 7) is 1.82. The fourth-order valence-electron chi connectivity index (χ4n) is 1.58. The van der Waals surface area contributed by atoms with Crippen LogP contribution in [0, 0.1) is 17.0 Å². The third-order valence-electron chi connectivity index (χ3n) is 2.30. The number of aromatic hydroxyl groups is 1. The average molecular weight is 261 g/mol. The Morgan fingerprint density at radius 1 is 1.17 bits per heavy atom. The summed E-state index contributed by atoms with van der Waals surface area (Å²) in [7, 11) is 0. The number of hydrogen-bond donors (Lipinski definition) is 1. The number of aryl methyl sites for hydroxylation is 1. The molecule has 4 nitrogen and oxygen atoms in total. The molecule has 5 heteroatoms. The lowest BCUT2D eigenvalue weighted by Crippen LogP contribution is -1.89. The van der Waals surface area contributed by atoms with E-state index in [9.17, 15) is 15.2 Å². The maximum absolute atomic E-state index is 10.8. The number of hydrogen-bond acceptors (Lipinski definition) is 4. The normalized spacial score (nSPS) is 10.3. The first-order valence-electron chi connectivity index (χ1n) is 5.27. The molecule has 1 N–H and O–H groups in total. The van der Waals surface area contributed by atoms with Gasteiger partial charge >= 0.3 is 0 Å². The Morgan fingerprint density at radius 3 is 2.61 bits per heavy atom. The van der Waals surface area contributed by atoms with Crippen molar-refractivity contribution in [2.45, 2.75) is 16.7 Å². The zero-order chi connectivity index (χ0) is 13.1. The summed E-state index contributed by atoms with van der Waals surface area (Å²) in [6, 6.07) is 11.7. The number of benzene rings is 2. The Kier molecular flexibility index (Phi) is 3.53. The first-order valence-corrected chi connectivity index (χ1v) is 6.09. The predicted molar refractivity (Wildman–Crippen MR) is 70.1 cm³/mol. The van der Waals surface area contributed by atoms with Gasteiger partial charge < -0.3 is 5.11 Å². The van der Waals surface area contributed by atoms with Crippen molar-refractivity contribution in [3.05, 3.63) is 58.1 Å². The Bertz CT molecular complexity index is 599. The van der Waals surface area contributed by atoms with Gasteiger partial charge in [0, 0.05) is 21.9 Å². The van der Waals surface area contributed by atoms with Crippen LogP contribution in [0.5, 0.6) is 5.75 Å². The molecule has 0 saturated heterocycles. The second-order valence-corrected chi connectivity index (χ2v) is 5.01. The van der Waals surface area contributed by atoms with Gasteiger partial charge in [-0.15, -0.1) is 0 Å². The maximum atomic E-state index is 10.8. The summed E-state index contributed by atoms with van der Waals surface area (Å²) in [5, 5.41) is 20.1. The highest BCUT2D eigenvalue weighted by molar-refractivity contribution is 7.99. The van der Waals surface area contributed by atoms with Crippen molar-refractivity contribution in [3.8, 4) is 5.75 Å².